The molecule has 182 valence electrons. The Morgan fingerprint density at radius 1 is 1.17 bits per heavy atom. The van der Waals surface area contributed by atoms with Gasteiger partial charge in [0.25, 0.3) is 0 Å². The average Bonchev–Trinajstić information content (AvgIpc) is 3.19. The number of benzene rings is 2. The smallest absolute Gasteiger partial charge is 0.338 e. The van der Waals surface area contributed by atoms with Gasteiger partial charge in [-0.05, 0) is 61.9 Å². The molecule has 6 nitrogen and oxygen atoms in total. The maximum Gasteiger partial charge on any atom is 0.338 e. The van der Waals surface area contributed by atoms with E-state index in [4.69, 9.17) is 4.74 Å². The van der Waals surface area contributed by atoms with Gasteiger partial charge in [-0.25, -0.2) is 14.2 Å². The number of rotatable bonds is 7. The lowest BCUT2D eigenvalue weighted by molar-refractivity contribution is -0.139. The fourth-order valence-corrected chi connectivity index (χ4v) is 5.31. The van der Waals surface area contributed by atoms with E-state index in [1.807, 2.05) is 43.2 Å². The minimum absolute atomic E-state index is 0.0951. The first-order valence-corrected chi connectivity index (χ1v) is 12.4. The number of ether oxygens (including phenoxy) is 1. The molecule has 1 amide bonds. The summed E-state index contributed by atoms with van der Waals surface area (Å²) in [4.78, 5) is 32.5. The van der Waals surface area contributed by atoms with Crippen LogP contribution >= 0.6 is 11.8 Å². The lowest BCUT2D eigenvalue weighted by atomic mass is 9.90. The fraction of sp³-hybridized carbons (Fsp3) is 0.296. The molecule has 0 saturated carbocycles. The van der Waals surface area contributed by atoms with Crippen LogP contribution in [0.1, 0.15) is 48.6 Å². The Hall–Kier alpha value is -3.39. The van der Waals surface area contributed by atoms with Gasteiger partial charge in [0.05, 0.1) is 30.3 Å². The van der Waals surface area contributed by atoms with Crippen LogP contribution < -0.4 is 5.32 Å². The van der Waals surface area contributed by atoms with Crippen LogP contribution in [0.3, 0.4) is 0 Å². The number of thioether (sulfide) groups is 1. The zero-order chi connectivity index (χ0) is 25.1. The summed E-state index contributed by atoms with van der Waals surface area (Å²) in [6.45, 7) is 8.12. The van der Waals surface area contributed by atoms with Crippen molar-refractivity contribution in [2.45, 2.75) is 46.7 Å². The summed E-state index contributed by atoms with van der Waals surface area (Å²) in [6, 6.07) is 11.8. The van der Waals surface area contributed by atoms with E-state index in [9.17, 15) is 14.0 Å². The number of amides is 1. The van der Waals surface area contributed by atoms with Crippen molar-refractivity contribution < 1.29 is 18.7 Å². The number of amidine groups is 1. The summed E-state index contributed by atoms with van der Waals surface area (Å²) in [5, 5.41) is 5.48. The van der Waals surface area contributed by atoms with E-state index in [1.165, 1.54) is 23.9 Å². The van der Waals surface area contributed by atoms with E-state index >= 15 is 0 Å². The highest BCUT2D eigenvalue weighted by Crippen LogP contribution is 2.45. The van der Waals surface area contributed by atoms with Gasteiger partial charge in [-0.3, -0.25) is 4.79 Å². The van der Waals surface area contributed by atoms with Crippen LogP contribution in [0.5, 0.6) is 0 Å². The molecule has 4 rings (SSSR count). The van der Waals surface area contributed by atoms with Crippen LogP contribution in [0, 0.1) is 19.7 Å². The number of allylic oxidation sites excluding steroid dienone is 1. The Labute approximate surface area is 209 Å². The summed E-state index contributed by atoms with van der Waals surface area (Å²) in [6.07, 6.45) is 0.0951. The van der Waals surface area contributed by atoms with Crippen molar-refractivity contribution >= 4 is 28.8 Å². The molecule has 35 heavy (non-hydrogen) atoms. The minimum atomic E-state index is -0.459. The van der Waals surface area contributed by atoms with Crippen molar-refractivity contribution in [1.29, 1.82) is 0 Å². The summed E-state index contributed by atoms with van der Waals surface area (Å²) in [7, 11) is 0. The number of carbonyl (C=O) groups excluding carboxylic acids is 2. The lowest BCUT2D eigenvalue weighted by Crippen LogP contribution is -2.38. The lowest BCUT2D eigenvalue weighted by Gasteiger charge is -2.37. The number of aryl methyl sites for hydroxylation is 2. The number of halogens is 1. The molecule has 0 bridgehead atoms. The van der Waals surface area contributed by atoms with Gasteiger partial charge < -0.3 is 15.0 Å². The van der Waals surface area contributed by atoms with Crippen molar-refractivity contribution in [3.8, 4) is 0 Å². The van der Waals surface area contributed by atoms with E-state index in [0.29, 0.717) is 22.0 Å². The molecule has 2 aliphatic heterocycles. The molecule has 0 saturated heterocycles. The predicted molar refractivity (Wildman–Crippen MR) is 136 cm³/mol. The highest BCUT2D eigenvalue weighted by molar-refractivity contribution is 8.16. The standard InChI is InChI=1S/C27H28FN3O3S/c1-5-34-26(33)24-18(4)30-27-31(25(24)22-10-9-16(2)11-17(22)3)21(15-35-27)13-23(32)29-14-19-7-6-8-20(28)12-19/h6-12,15,25H,5,13-14H2,1-4H3,(H,29,32). The van der Waals surface area contributed by atoms with E-state index < -0.39 is 12.0 Å². The second-order valence-corrected chi connectivity index (χ2v) is 9.39. The van der Waals surface area contributed by atoms with Gasteiger partial charge >= 0.3 is 5.97 Å². The van der Waals surface area contributed by atoms with E-state index in [-0.39, 0.29) is 31.3 Å². The number of carbonyl (C=O) groups is 2. The molecule has 2 aromatic carbocycles. The molecule has 0 aromatic heterocycles. The summed E-state index contributed by atoms with van der Waals surface area (Å²) >= 11 is 1.43. The van der Waals surface area contributed by atoms with Gasteiger partial charge in [0.1, 0.15) is 5.82 Å². The van der Waals surface area contributed by atoms with Crippen molar-refractivity contribution in [2.75, 3.05) is 6.61 Å². The van der Waals surface area contributed by atoms with E-state index in [2.05, 4.69) is 16.4 Å². The maximum atomic E-state index is 13.5. The first-order chi connectivity index (χ1) is 16.8. The molecule has 2 aromatic rings. The van der Waals surface area contributed by atoms with Crippen molar-refractivity contribution in [1.82, 2.24) is 10.2 Å². The first kappa shape index (κ1) is 24.7. The molecule has 2 aliphatic rings. The number of hydrogen-bond donors (Lipinski definition) is 1. The third kappa shape index (κ3) is 5.32. The summed E-state index contributed by atoms with van der Waals surface area (Å²) in [5.41, 5.74) is 5.62. The van der Waals surface area contributed by atoms with Crippen LogP contribution in [0.4, 0.5) is 4.39 Å². The average molecular weight is 494 g/mol. The molecule has 1 N–H and O–H groups in total. The van der Waals surface area contributed by atoms with Crippen molar-refractivity contribution in [3.05, 3.63) is 92.9 Å². The van der Waals surface area contributed by atoms with Gasteiger partial charge in [-0.15, -0.1) is 0 Å². The van der Waals surface area contributed by atoms with E-state index in [1.54, 1.807) is 19.1 Å². The third-order valence-corrected chi connectivity index (χ3v) is 6.83. The third-order valence-electron chi connectivity index (χ3n) is 5.94. The number of esters is 1. The Bertz CT molecular complexity index is 1270. The van der Waals surface area contributed by atoms with Gasteiger partial charge in [0, 0.05) is 12.2 Å². The molecular formula is C27H28FN3O3S. The quantitative estimate of drug-likeness (QED) is 0.531. The molecule has 1 unspecified atom stereocenters. The van der Waals surface area contributed by atoms with Gasteiger partial charge in [0.2, 0.25) is 5.91 Å². The second kappa shape index (κ2) is 10.5. The summed E-state index contributed by atoms with van der Waals surface area (Å²) < 4.78 is 18.9. The summed E-state index contributed by atoms with van der Waals surface area (Å²) in [5.74, 6) is -0.957. The Morgan fingerprint density at radius 2 is 1.97 bits per heavy atom. The SMILES string of the molecule is CCOC(=O)C1=C(C)N=C2SC=C(CC(=O)NCc3cccc(F)c3)N2C1c1ccc(C)cc1C. The molecule has 2 heterocycles. The van der Waals surface area contributed by atoms with Crippen LogP contribution in [-0.4, -0.2) is 28.6 Å². The Kier molecular flexibility index (Phi) is 7.40. The number of nitrogens with one attached hydrogen (secondary N) is 1. The zero-order valence-corrected chi connectivity index (χ0v) is 21.0. The molecule has 0 fully saturated rings. The topological polar surface area (TPSA) is 71.0 Å². The van der Waals surface area contributed by atoms with Crippen LogP contribution in [0.2, 0.25) is 0 Å². The predicted octanol–water partition coefficient (Wildman–Crippen LogP) is 5.29. The highest BCUT2D eigenvalue weighted by Gasteiger charge is 2.41. The van der Waals surface area contributed by atoms with Crippen LogP contribution in [-0.2, 0) is 20.9 Å². The second-order valence-electron chi connectivity index (χ2n) is 8.56. The molecule has 0 spiro atoms. The number of hydrogen-bond acceptors (Lipinski definition) is 6. The Balaban J connectivity index is 1.63. The van der Waals surface area contributed by atoms with Crippen molar-refractivity contribution in [3.63, 3.8) is 0 Å². The first-order valence-electron chi connectivity index (χ1n) is 11.5. The zero-order valence-electron chi connectivity index (χ0n) is 20.2. The molecular weight excluding hydrogens is 465 g/mol. The molecule has 0 radical (unpaired) electrons. The van der Waals surface area contributed by atoms with Crippen LogP contribution in [0.25, 0.3) is 0 Å². The highest BCUT2D eigenvalue weighted by atomic mass is 32.2. The molecule has 0 aliphatic carbocycles. The largest absolute Gasteiger partial charge is 0.463 e. The number of aliphatic imine (C=N–C) groups is 1. The van der Waals surface area contributed by atoms with Crippen LogP contribution in [0.15, 0.2) is 69.8 Å². The number of nitrogens with zero attached hydrogens (tertiary/aromatic N) is 2. The molecule has 8 heteroatoms. The fourth-order valence-electron chi connectivity index (χ4n) is 4.34. The van der Waals surface area contributed by atoms with Crippen molar-refractivity contribution in [2.24, 2.45) is 4.99 Å². The monoisotopic (exact) mass is 493 g/mol. The molecule has 1 atom stereocenters. The van der Waals surface area contributed by atoms with Gasteiger partial charge in [0.15, 0.2) is 5.17 Å². The van der Waals surface area contributed by atoms with Gasteiger partial charge in [-0.2, -0.15) is 0 Å². The van der Waals surface area contributed by atoms with Gasteiger partial charge in [-0.1, -0.05) is 47.7 Å². The van der Waals surface area contributed by atoms with E-state index in [0.717, 1.165) is 22.4 Å². The Morgan fingerprint density at radius 3 is 2.69 bits per heavy atom. The number of fused-ring (bicyclic) bond motifs is 1. The maximum absolute atomic E-state index is 13.5. The normalized spacial score (nSPS) is 17.1. The minimum Gasteiger partial charge on any atom is -0.463 e.